The molecule has 0 spiro atoms. The summed E-state index contributed by atoms with van der Waals surface area (Å²) in [5, 5.41) is 0. The highest BCUT2D eigenvalue weighted by Gasteiger charge is 2.24. The lowest BCUT2D eigenvalue weighted by atomic mass is 9.94. The van der Waals surface area contributed by atoms with Gasteiger partial charge in [-0.25, -0.2) is 0 Å². The quantitative estimate of drug-likeness (QED) is 0.250. The van der Waals surface area contributed by atoms with Gasteiger partial charge in [-0.05, 0) is 153 Å². The van der Waals surface area contributed by atoms with Gasteiger partial charge in [-0.1, -0.05) is 24.3 Å². The second-order valence-electron chi connectivity index (χ2n) is 13.8. The molecule has 0 bridgehead atoms. The lowest BCUT2D eigenvalue weighted by Gasteiger charge is -2.28. The fourth-order valence-corrected chi connectivity index (χ4v) is 4.85. The molecule has 39 heavy (non-hydrogen) atoms. The van der Waals surface area contributed by atoms with Crippen molar-refractivity contribution in [3.8, 4) is 45.3 Å². The molecule has 0 aliphatic carbocycles. The number of hydrogen-bond donors (Lipinski definition) is 0. The van der Waals surface area contributed by atoms with Crippen molar-refractivity contribution in [3.63, 3.8) is 0 Å². The van der Waals surface area contributed by atoms with E-state index in [1.54, 1.807) is 0 Å². The van der Waals surface area contributed by atoms with Crippen LogP contribution in [-0.4, -0.2) is 22.4 Å². The first-order valence-electron chi connectivity index (χ1n) is 13.5. The van der Waals surface area contributed by atoms with Crippen molar-refractivity contribution in [1.29, 1.82) is 0 Å². The van der Waals surface area contributed by atoms with Crippen LogP contribution in [0.2, 0.25) is 0 Å². The Bertz CT molecular complexity index is 1300. The van der Waals surface area contributed by atoms with Crippen molar-refractivity contribution in [2.45, 2.75) is 105 Å². The minimum absolute atomic E-state index is 0.342. The van der Waals surface area contributed by atoms with Gasteiger partial charge in [0.15, 0.2) is 23.0 Å². The molecule has 3 aromatic carbocycles. The van der Waals surface area contributed by atoms with E-state index in [0.717, 1.165) is 48.8 Å². The van der Waals surface area contributed by atoms with Crippen LogP contribution in [0.15, 0.2) is 54.6 Å². The SMILES string of the molecule is CC(C)(C)Oc1ccc(-c2cccc(I)c2-c2ccc(OC(C)(C)C)c(OC(C)(C)C)c2)cc1OC(C)(C)C. The first-order valence-corrected chi connectivity index (χ1v) is 14.6. The zero-order valence-corrected chi connectivity index (χ0v) is 27.9. The van der Waals surface area contributed by atoms with E-state index in [9.17, 15) is 0 Å². The van der Waals surface area contributed by atoms with Gasteiger partial charge in [0.1, 0.15) is 22.4 Å². The summed E-state index contributed by atoms with van der Waals surface area (Å²) in [7, 11) is 0. The zero-order chi connectivity index (χ0) is 29.4. The number of ether oxygens (including phenoxy) is 4. The Labute approximate surface area is 249 Å². The summed E-state index contributed by atoms with van der Waals surface area (Å²) < 4.78 is 26.5. The van der Waals surface area contributed by atoms with Crippen LogP contribution in [0, 0.1) is 3.57 Å². The van der Waals surface area contributed by atoms with Crippen LogP contribution in [0.25, 0.3) is 22.3 Å². The molecule has 0 aliphatic rings. The van der Waals surface area contributed by atoms with Crippen molar-refractivity contribution < 1.29 is 18.9 Å². The van der Waals surface area contributed by atoms with Crippen molar-refractivity contribution in [2.75, 3.05) is 0 Å². The number of halogens is 1. The van der Waals surface area contributed by atoms with Crippen LogP contribution >= 0.6 is 22.6 Å². The number of rotatable bonds is 6. The predicted molar refractivity (Wildman–Crippen MR) is 172 cm³/mol. The Hall–Kier alpha value is -2.41. The molecule has 0 radical (unpaired) electrons. The van der Waals surface area contributed by atoms with Gasteiger partial charge in [-0.3, -0.25) is 0 Å². The second kappa shape index (κ2) is 11.2. The van der Waals surface area contributed by atoms with E-state index >= 15 is 0 Å². The van der Waals surface area contributed by atoms with Crippen molar-refractivity contribution in [2.24, 2.45) is 0 Å². The molecule has 0 atom stereocenters. The Morgan fingerprint density at radius 3 is 1.28 bits per heavy atom. The first kappa shape index (κ1) is 31.1. The van der Waals surface area contributed by atoms with Gasteiger partial charge in [0.25, 0.3) is 0 Å². The molecule has 0 aliphatic heterocycles. The molecule has 0 fully saturated rings. The molecule has 3 aromatic rings. The molecule has 5 heteroatoms. The van der Waals surface area contributed by atoms with E-state index in [1.807, 2.05) is 53.7 Å². The highest BCUT2D eigenvalue weighted by molar-refractivity contribution is 14.1. The van der Waals surface area contributed by atoms with Crippen LogP contribution in [0.1, 0.15) is 83.1 Å². The summed E-state index contributed by atoms with van der Waals surface area (Å²) in [5.41, 5.74) is 2.92. The van der Waals surface area contributed by atoms with E-state index in [-0.39, 0.29) is 22.4 Å². The highest BCUT2D eigenvalue weighted by Crippen LogP contribution is 2.43. The predicted octanol–water partition coefficient (Wildman–Crippen LogP) is 10.3. The zero-order valence-electron chi connectivity index (χ0n) is 25.7. The Morgan fingerprint density at radius 1 is 0.462 bits per heavy atom. The fraction of sp³-hybridized carbons (Fsp3) is 0.471. The summed E-state index contributed by atoms with van der Waals surface area (Å²) in [6.07, 6.45) is 0. The van der Waals surface area contributed by atoms with Crippen molar-refractivity contribution >= 4 is 22.6 Å². The van der Waals surface area contributed by atoms with Crippen LogP contribution < -0.4 is 18.9 Å². The molecule has 3 rings (SSSR count). The first-order chi connectivity index (χ1) is 17.7. The molecular weight excluding hydrogens is 599 g/mol. The maximum atomic E-state index is 6.40. The Balaban J connectivity index is 2.20. The van der Waals surface area contributed by atoms with Crippen LogP contribution in [0.5, 0.6) is 23.0 Å². The minimum atomic E-state index is -0.372. The van der Waals surface area contributed by atoms with Crippen molar-refractivity contribution in [1.82, 2.24) is 0 Å². The number of benzene rings is 3. The molecular formula is C34H45IO4. The van der Waals surface area contributed by atoms with Crippen LogP contribution in [-0.2, 0) is 0 Å². The average molecular weight is 645 g/mol. The highest BCUT2D eigenvalue weighted by atomic mass is 127. The van der Waals surface area contributed by atoms with Gasteiger partial charge in [0, 0.05) is 9.13 Å². The summed E-state index contributed by atoms with van der Waals surface area (Å²) >= 11 is 2.41. The van der Waals surface area contributed by atoms with Crippen molar-refractivity contribution in [3.05, 3.63) is 58.2 Å². The molecule has 0 heterocycles. The van der Waals surface area contributed by atoms with E-state index < -0.39 is 0 Å². The van der Waals surface area contributed by atoms with E-state index in [2.05, 4.69) is 107 Å². The third kappa shape index (κ3) is 9.33. The second-order valence-corrected chi connectivity index (χ2v) is 15.0. The molecule has 0 saturated heterocycles. The summed E-state index contributed by atoms with van der Waals surface area (Å²) in [6.45, 7) is 24.6. The topological polar surface area (TPSA) is 36.9 Å². The van der Waals surface area contributed by atoms with Gasteiger partial charge in [0.2, 0.25) is 0 Å². The third-order valence-electron chi connectivity index (χ3n) is 5.17. The van der Waals surface area contributed by atoms with Gasteiger partial charge in [-0.15, -0.1) is 0 Å². The molecule has 4 nitrogen and oxygen atoms in total. The molecule has 0 aromatic heterocycles. The monoisotopic (exact) mass is 644 g/mol. The molecule has 0 amide bonds. The number of hydrogen-bond acceptors (Lipinski definition) is 4. The van der Waals surface area contributed by atoms with Gasteiger partial charge in [-0.2, -0.15) is 0 Å². The summed E-state index contributed by atoms with van der Waals surface area (Å²) in [5.74, 6) is 2.92. The third-order valence-corrected chi connectivity index (χ3v) is 6.06. The smallest absolute Gasteiger partial charge is 0.162 e. The maximum Gasteiger partial charge on any atom is 0.162 e. The van der Waals surface area contributed by atoms with E-state index in [1.165, 1.54) is 0 Å². The lowest BCUT2D eigenvalue weighted by molar-refractivity contribution is 0.0958. The molecule has 0 unspecified atom stereocenters. The maximum absolute atomic E-state index is 6.40. The van der Waals surface area contributed by atoms with Gasteiger partial charge >= 0.3 is 0 Å². The minimum Gasteiger partial charge on any atom is -0.484 e. The van der Waals surface area contributed by atoms with Gasteiger partial charge < -0.3 is 18.9 Å². The lowest BCUT2D eigenvalue weighted by Crippen LogP contribution is -2.26. The fourth-order valence-electron chi connectivity index (χ4n) is 4.04. The molecule has 0 saturated carbocycles. The molecule has 212 valence electrons. The van der Waals surface area contributed by atoms with Gasteiger partial charge in [0.05, 0.1) is 0 Å². The largest absolute Gasteiger partial charge is 0.484 e. The standard InChI is InChI=1S/C34H45IO4/c1-31(2,3)36-26-18-16-22(20-28(26)38-33(7,8)9)24-14-13-15-25(35)30(24)23-17-19-27(37-32(4,5)6)29(21-23)39-34(10,11)12/h13-21H,1-12H3. The Morgan fingerprint density at radius 2 is 0.846 bits per heavy atom. The van der Waals surface area contributed by atoms with Crippen LogP contribution in [0.4, 0.5) is 0 Å². The van der Waals surface area contributed by atoms with E-state index in [4.69, 9.17) is 18.9 Å². The summed E-state index contributed by atoms with van der Waals surface area (Å²) in [4.78, 5) is 0. The summed E-state index contributed by atoms with van der Waals surface area (Å²) in [6, 6.07) is 18.8. The Kier molecular flexibility index (Phi) is 8.96. The van der Waals surface area contributed by atoms with E-state index in [0.29, 0.717) is 0 Å². The normalized spacial score (nSPS) is 12.7. The van der Waals surface area contributed by atoms with Crippen LogP contribution in [0.3, 0.4) is 0 Å². The average Bonchev–Trinajstić information content (AvgIpc) is 2.72. The molecule has 0 N–H and O–H groups in total.